The van der Waals surface area contributed by atoms with Crippen molar-refractivity contribution in [3.8, 4) is 0 Å². The molecule has 2 aromatic rings. The molecule has 0 radical (unpaired) electrons. The van der Waals surface area contributed by atoms with Crippen molar-refractivity contribution >= 4 is 11.7 Å². The number of likely N-dealkylation sites (tertiary alicyclic amines) is 1. The molecule has 1 amide bonds. The molecule has 0 aromatic carbocycles. The Bertz CT molecular complexity index is 691. The molecule has 0 bridgehead atoms. The summed E-state index contributed by atoms with van der Waals surface area (Å²) in [6, 6.07) is 2.01. The molecule has 1 aliphatic heterocycles. The van der Waals surface area contributed by atoms with Crippen LogP contribution in [0.15, 0.2) is 18.6 Å². The fourth-order valence-corrected chi connectivity index (χ4v) is 4.09. The van der Waals surface area contributed by atoms with Gasteiger partial charge >= 0.3 is 0 Å². The second-order valence-electron chi connectivity index (χ2n) is 6.80. The summed E-state index contributed by atoms with van der Waals surface area (Å²) in [4.78, 5) is 23.3. The lowest BCUT2D eigenvalue weighted by molar-refractivity contribution is -0.137. The number of aromatic nitrogens is 4. The van der Waals surface area contributed by atoms with Crippen LogP contribution >= 0.6 is 0 Å². The third kappa shape index (κ3) is 2.82. The lowest BCUT2D eigenvalue weighted by Gasteiger charge is -2.36. The standard InChI is InChI=1S/C17H23N5O/c23-16(13-5-2-1-3-6-13)21-10-4-7-14(11-21)15-8-9-18-17-19-12-20-22(15)17/h8-9,12-14H,1-7,10-11H2. The number of hydrogen-bond acceptors (Lipinski definition) is 4. The smallest absolute Gasteiger partial charge is 0.252 e. The predicted molar refractivity (Wildman–Crippen MR) is 85.9 cm³/mol. The molecule has 2 fully saturated rings. The van der Waals surface area contributed by atoms with Crippen molar-refractivity contribution in [2.24, 2.45) is 5.92 Å². The van der Waals surface area contributed by atoms with Crippen LogP contribution in [0.2, 0.25) is 0 Å². The van der Waals surface area contributed by atoms with Crippen LogP contribution < -0.4 is 0 Å². The Morgan fingerprint density at radius 3 is 2.83 bits per heavy atom. The van der Waals surface area contributed by atoms with Crippen LogP contribution in [-0.2, 0) is 4.79 Å². The lowest BCUT2D eigenvalue weighted by Crippen LogP contribution is -2.43. The van der Waals surface area contributed by atoms with Gasteiger partial charge in [0, 0.05) is 31.1 Å². The molecule has 122 valence electrons. The van der Waals surface area contributed by atoms with Gasteiger partial charge in [-0.05, 0) is 31.7 Å². The molecule has 6 nitrogen and oxygen atoms in total. The molecule has 1 atom stereocenters. The van der Waals surface area contributed by atoms with Gasteiger partial charge in [-0.25, -0.2) is 9.50 Å². The number of amides is 1. The van der Waals surface area contributed by atoms with Gasteiger partial charge in [-0.2, -0.15) is 10.1 Å². The number of carbonyl (C=O) groups is 1. The number of nitrogens with zero attached hydrogens (tertiary/aromatic N) is 5. The van der Waals surface area contributed by atoms with Gasteiger partial charge in [-0.3, -0.25) is 4.79 Å². The molecule has 0 spiro atoms. The van der Waals surface area contributed by atoms with Gasteiger partial charge < -0.3 is 4.90 Å². The first kappa shape index (κ1) is 14.6. The molecular weight excluding hydrogens is 290 g/mol. The Hall–Kier alpha value is -1.98. The summed E-state index contributed by atoms with van der Waals surface area (Å²) in [6.07, 6.45) is 11.3. The van der Waals surface area contributed by atoms with Crippen molar-refractivity contribution < 1.29 is 4.79 Å². The van der Waals surface area contributed by atoms with E-state index in [1.807, 2.05) is 10.6 Å². The predicted octanol–water partition coefficient (Wildman–Crippen LogP) is 2.41. The molecular formula is C17H23N5O. The molecule has 1 unspecified atom stereocenters. The first-order valence-corrected chi connectivity index (χ1v) is 8.76. The zero-order valence-electron chi connectivity index (χ0n) is 13.4. The van der Waals surface area contributed by atoms with Crippen LogP contribution in [0.3, 0.4) is 0 Å². The van der Waals surface area contributed by atoms with Crippen LogP contribution in [-0.4, -0.2) is 43.5 Å². The van der Waals surface area contributed by atoms with E-state index >= 15 is 0 Å². The maximum atomic E-state index is 12.8. The molecule has 1 saturated heterocycles. The summed E-state index contributed by atoms with van der Waals surface area (Å²) in [5, 5.41) is 4.29. The van der Waals surface area contributed by atoms with E-state index in [0.29, 0.717) is 17.6 Å². The lowest BCUT2D eigenvalue weighted by atomic mass is 9.87. The highest BCUT2D eigenvalue weighted by atomic mass is 16.2. The number of hydrogen-bond donors (Lipinski definition) is 0. The van der Waals surface area contributed by atoms with Crippen molar-refractivity contribution in [1.29, 1.82) is 0 Å². The highest BCUT2D eigenvalue weighted by Crippen LogP contribution is 2.30. The molecule has 6 heteroatoms. The van der Waals surface area contributed by atoms with E-state index in [1.54, 1.807) is 12.5 Å². The Kier molecular flexibility index (Phi) is 3.97. The zero-order chi connectivity index (χ0) is 15.6. The number of rotatable bonds is 2. The Morgan fingerprint density at radius 2 is 1.96 bits per heavy atom. The summed E-state index contributed by atoms with van der Waals surface area (Å²) in [7, 11) is 0. The van der Waals surface area contributed by atoms with Crippen LogP contribution in [0.1, 0.15) is 56.6 Å². The van der Waals surface area contributed by atoms with Crippen LogP contribution in [0.4, 0.5) is 0 Å². The van der Waals surface area contributed by atoms with Gasteiger partial charge in [0.1, 0.15) is 6.33 Å². The molecule has 2 aromatic heterocycles. The van der Waals surface area contributed by atoms with E-state index in [-0.39, 0.29) is 5.92 Å². The monoisotopic (exact) mass is 313 g/mol. The third-order valence-corrected chi connectivity index (χ3v) is 5.32. The second kappa shape index (κ2) is 6.26. The van der Waals surface area contributed by atoms with Crippen LogP contribution in [0.5, 0.6) is 0 Å². The third-order valence-electron chi connectivity index (χ3n) is 5.32. The highest BCUT2D eigenvalue weighted by molar-refractivity contribution is 5.79. The second-order valence-corrected chi connectivity index (χ2v) is 6.80. The largest absolute Gasteiger partial charge is 0.342 e. The van der Waals surface area contributed by atoms with E-state index in [0.717, 1.165) is 44.5 Å². The minimum Gasteiger partial charge on any atom is -0.342 e. The molecule has 3 heterocycles. The first-order chi connectivity index (χ1) is 11.3. The Balaban J connectivity index is 1.52. The van der Waals surface area contributed by atoms with E-state index < -0.39 is 0 Å². The van der Waals surface area contributed by atoms with Gasteiger partial charge in [0.2, 0.25) is 5.91 Å². The molecule has 23 heavy (non-hydrogen) atoms. The first-order valence-electron chi connectivity index (χ1n) is 8.76. The average Bonchev–Trinajstić information content (AvgIpc) is 3.10. The minimum absolute atomic E-state index is 0.256. The van der Waals surface area contributed by atoms with Gasteiger partial charge in [0.25, 0.3) is 5.78 Å². The quantitative estimate of drug-likeness (QED) is 0.854. The van der Waals surface area contributed by atoms with Gasteiger partial charge in [-0.1, -0.05) is 19.3 Å². The molecule has 1 saturated carbocycles. The van der Waals surface area contributed by atoms with Crippen molar-refractivity contribution in [3.63, 3.8) is 0 Å². The average molecular weight is 313 g/mol. The van der Waals surface area contributed by atoms with Gasteiger partial charge in [-0.15, -0.1) is 0 Å². The molecule has 1 aliphatic carbocycles. The number of piperidine rings is 1. The van der Waals surface area contributed by atoms with E-state index in [2.05, 4.69) is 20.0 Å². The summed E-state index contributed by atoms with van der Waals surface area (Å²) in [5.74, 6) is 1.59. The van der Waals surface area contributed by atoms with Gasteiger partial charge in [0.15, 0.2) is 0 Å². The normalized spacial score (nSPS) is 23.3. The SMILES string of the molecule is O=C(C1CCCCC1)N1CCCC(c2ccnc3ncnn23)C1. The maximum absolute atomic E-state index is 12.8. The van der Waals surface area contributed by atoms with Crippen molar-refractivity contribution in [2.75, 3.05) is 13.1 Å². The van der Waals surface area contributed by atoms with Crippen molar-refractivity contribution in [2.45, 2.75) is 50.9 Å². The maximum Gasteiger partial charge on any atom is 0.252 e. The zero-order valence-corrected chi connectivity index (χ0v) is 13.4. The summed E-state index contributed by atoms with van der Waals surface area (Å²) in [6.45, 7) is 1.70. The van der Waals surface area contributed by atoms with Gasteiger partial charge in [0.05, 0.1) is 5.69 Å². The van der Waals surface area contributed by atoms with Crippen molar-refractivity contribution in [1.82, 2.24) is 24.5 Å². The van der Waals surface area contributed by atoms with Crippen LogP contribution in [0.25, 0.3) is 5.78 Å². The van der Waals surface area contributed by atoms with E-state index in [4.69, 9.17) is 0 Å². The Morgan fingerprint density at radius 1 is 1.09 bits per heavy atom. The fraction of sp³-hybridized carbons (Fsp3) is 0.647. The number of fused-ring (bicyclic) bond motifs is 1. The van der Waals surface area contributed by atoms with Crippen LogP contribution in [0, 0.1) is 5.92 Å². The number of carbonyl (C=O) groups excluding carboxylic acids is 1. The van der Waals surface area contributed by atoms with E-state index in [1.165, 1.54) is 19.3 Å². The molecule has 2 aliphatic rings. The highest BCUT2D eigenvalue weighted by Gasteiger charge is 2.31. The fourth-order valence-electron chi connectivity index (χ4n) is 4.09. The Labute approximate surface area is 135 Å². The summed E-state index contributed by atoms with van der Waals surface area (Å²) in [5.41, 5.74) is 1.12. The topological polar surface area (TPSA) is 63.4 Å². The molecule has 4 rings (SSSR count). The van der Waals surface area contributed by atoms with E-state index in [9.17, 15) is 4.79 Å². The summed E-state index contributed by atoms with van der Waals surface area (Å²) < 4.78 is 1.82. The minimum atomic E-state index is 0.256. The molecule has 0 N–H and O–H groups in total. The summed E-state index contributed by atoms with van der Waals surface area (Å²) >= 11 is 0. The van der Waals surface area contributed by atoms with Crippen molar-refractivity contribution in [3.05, 3.63) is 24.3 Å².